The number of benzene rings is 1. The van der Waals surface area contributed by atoms with E-state index < -0.39 is 0 Å². The van der Waals surface area contributed by atoms with Crippen LogP contribution in [0.25, 0.3) is 11.4 Å². The van der Waals surface area contributed by atoms with Crippen LogP contribution in [0.2, 0.25) is 0 Å². The van der Waals surface area contributed by atoms with E-state index in [1.54, 1.807) is 42.9 Å². The summed E-state index contributed by atoms with van der Waals surface area (Å²) in [4.78, 5) is 25.6. The fraction of sp³-hybridized carbons (Fsp3) is 0.0500. The van der Waals surface area contributed by atoms with Gasteiger partial charge < -0.3 is 5.32 Å². The van der Waals surface area contributed by atoms with Gasteiger partial charge in [0.25, 0.3) is 5.91 Å². The number of nitrogens with one attached hydrogen (secondary N) is 1. The maximum atomic E-state index is 12.9. The van der Waals surface area contributed by atoms with Crippen LogP contribution in [0.5, 0.6) is 0 Å². The number of carbonyl (C=O) groups is 1. The highest BCUT2D eigenvalue weighted by Gasteiger charge is 2.19. The van der Waals surface area contributed by atoms with E-state index in [4.69, 9.17) is 0 Å². The monoisotopic (exact) mass is 356 g/mol. The summed E-state index contributed by atoms with van der Waals surface area (Å²) in [6.45, 7) is 0.515. The van der Waals surface area contributed by atoms with Gasteiger partial charge in [0.15, 0.2) is 5.82 Å². The largest absolute Gasteiger partial charge is 0.350 e. The van der Waals surface area contributed by atoms with Crippen LogP contribution in [-0.4, -0.2) is 30.6 Å². The van der Waals surface area contributed by atoms with E-state index in [2.05, 4.69) is 25.4 Å². The molecule has 4 rings (SSSR count). The highest BCUT2D eigenvalue weighted by molar-refractivity contribution is 5.95. The lowest BCUT2D eigenvalue weighted by Gasteiger charge is -2.06. The van der Waals surface area contributed by atoms with Gasteiger partial charge in [-0.1, -0.05) is 36.4 Å². The molecular formula is C20H16N6O. The molecule has 3 aromatic heterocycles. The van der Waals surface area contributed by atoms with Gasteiger partial charge in [-0.25, -0.2) is 0 Å². The van der Waals surface area contributed by atoms with Crippen LogP contribution in [-0.2, 0) is 6.54 Å². The standard InChI is InChI=1S/C20H16N6O/c27-19(17-10-4-5-12-22-17)26-20(23-13-15-7-2-1-3-8-15)24-18(25-26)16-9-6-11-21-14-16/h1-12,14H,13H2,(H,23,24,25). The van der Waals surface area contributed by atoms with E-state index >= 15 is 0 Å². The van der Waals surface area contributed by atoms with Crippen LogP contribution in [0, 0.1) is 0 Å². The molecule has 0 aliphatic carbocycles. The molecule has 1 N–H and O–H groups in total. The van der Waals surface area contributed by atoms with Gasteiger partial charge in [-0.05, 0) is 29.8 Å². The van der Waals surface area contributed by atoms with Crippen molar-refractivity contribution in [2.75, 3.05) is 5.32 Å². The van der Waals surface area contributed by atoms with E-state index in [1.807, 2.05) is 36.4 Å². The van der Waals surface area contributed by atoms with Crippen molar-refractivity contribution in [2.45, 2.75) is 6.54 Å². The van der Waals surface area contributed by atoms with E-state index in [-0.39, 0.29) is 5.91 Å². The summed E-state index contributed by atoms with van der Waals surface area (Å²) in [5.41, 5.74) is 2.09. The molecule has 0 bridgehead atoms. The van der Waals surface area contributed by atoms with Gasteiger partial charge in [0.1, 0.15) is 5.69 Å². The summed E-state index contributed by atoms with van der Waals surface area (Å²) in [6.07, 6.45) is 4.91. The molecule has 27 heavy (non-hydrogen) atoms. The molecule has 0 aliphatic heterocycles. The maximum absolute atomic E-state index is 12.9. The maximum Gasteiger partial charge on any atom is 0.299 e. The van der Waals surface area contributed by atoms with E-state index in [0.717, 1.165) is 11.1 Å². The number of rotatable bonds is 5. The average Bonchev–Trinajstić information content (AvgIpc) is 3.18. The second-order valence-corrected chi connectivity index (χ2v) is 5.77. The molecule has 1 aromatic carbocycles. The molecular weight excluding hydrogens is 340 g/mol. The van der Waals surface area contributed by atoms with Crippen molar-refractivity contribution < 1.29 is 4.79 Å². The van der Waals surface area contributed by atoms with Crippen LogP contribution in [0.1, 0.15) is 16.1 Å². The van der Waals surface area contributed by atoms with Crippen molar-refractivity contribution in [3.05, 3.63) is 90.5 Å². The van der Waals surface area contributed by atoms with E-state index in [1.165, 1.54) is 4.68 Å². The molecule has 0 unspecified atom stereocenters. The third-order valence-electron chi connectivity index (χ3n) is 3.90. The van der Waals surface area contributed by atoms with Gasteiger partial charge in [-0.15, -0.1) is 5.10 Å². The van der Waals surface area contributed by atoms with Gasteiger partial charge in [0.05, 0.1) is 0 Å². The Morgan fingerprint density at radius 1 is 0.963 bits per heavy atom. The first-order chi connectivity index (χ1) is 13.3. The second-order valence-electron chi connectivity index (χ2n) is 5.77. The van der Waals surface area contributed by atoms with Crippen LogP contribution in [0.15, 0.2) is 79.3 Å². The number of hydrogen-bond donors (Lipinski definition) is 1. The smallest absolute Gasteiger partial charge is 0.299 e. The Morgan fingerprint density at radius 3 is 2.56 bits per heavy atom. The van der Waals surface area contributed by atoms with E-state index in [0.29, 0.717) is 24.0 Å². The third-order valence-corrected chi connectivity index (χ3v) is 3.90. The zero-order valence-electron chi connectivity index (χ0n) is 14.4. The molecule has 0 aliphatic rings. The summed E-state index contributed by atoms with van der Waals surface area (Å²) in [5.74, 6) is 0.421. The van der Waals surface area contributed by atoms with Gasteiger partial charge in [-0.2, -0.15) is 9.67 Å². The van der Waals surface area contributed by atoms with Crippen molar-refractivity contribution in [3.63, 3.8) is 0 Å². The highest BCUT2D eigenvalue weighted by Crippen LogP contribution is 2.18. The van der Waals surface area contributed by atoms with Crippen molar-refractivity contribution in [3.8, 4) is 11.4 Å². The molecule has 0 saturated carbocycles. The minimum Gasteiger partial charge on any atom is -0.350 e. The summed E-state index contributed by atoms with van der Waals surface area (Å²) in [6, 6.07) is 18.7. The van der Waals surface area contributed by atoms with Crippen molar-refractivity contribution in [1.82, 2.24) is 24.7 Å². The zero-order valence-corrected chi connectivity index (χ0v) is 14.4. The Kier molecular flexibility index (Phi) is 4.65. The number of carbonyl (C=O) groups excluding carboxylic acids is 1. The molecule has 0 amide bonds. The lowest BCUT2D eigenvalue weighted by Crippen LogP contribution is -2.18. The fourth-order valence-corrected chi connectivity index (χ4v) is 2.56. The molecule has 0 spiro atoms. The number of hydrogen-bond acceptors (Lipinski definition) is 6. The predicted molar refractivity (Wildman–Crippen MR) is 101 cm³/mol. The fourth-order valence-electron chi connectivity index (χ4n) is 2.56. The molecule has 0 radical (unpaired) electrons. The van der Waals surface area contributed by atoms with Gasteiger partial charge in [0.2, 0.25) is 5.95 Å². The van der Waals surface area contributed by atoms with Crippen molar-refractivity contribution >= 4 is 11.9 Å². The number of nitrogens with zero attached hydrogens (tertiary/aromatic N) is 5. The first kappa shape index (κ1) is 16.6. The molecule has 0 atom stereocenters. The molecule has 132 valence electrons. The van der Waals surface area contributed by atoms with E-state index in [9.17, 15) is 4.79 Å². The van der Waals surface area contributed by atoms with Gasteiger partial charge >= 0.3 is 0 Å². The summed E-state index contributed by atoms with van der Waals surface area (Å²) in [7, 11) is 0. The molecule has 7 heteroatoms. The van der Waals surface area contributed by atoms with Crippen molar-refractivity contribution in [2.24, 2.45) is 0 Å². The average molecular weight is 356 g/mol. The quantitative estimate of drug-likeness (QED) is 0.591. The minimum atomic E-state index is -0.353. The first-order valence-electron chi connectivity index (χ1n) is 8.42. The number of pyridine rings is 2. The van der Waals surface area contributed by atoms with Crippen LogP contribution < -0.4 is 5.32 Å². The summed E-state index contributed by atoms with van der Waals surface area (Å²) < 4.78 is 1.24. The van der Waals surface area contributed by atoms with Gasteiger partial charge in [-0.3, -0.25) is 14.8 Å². The SMILES string of the molecule is O=C(c1ccccn1)n1nc(-c2cccnc2)nc1NCc1ccccc1. The van der Waals surface area contributed by atoms with Crippen LogP contribution >= 0.6 is 0 Å². The Morgan fingerprint density at radius 2 is 1.81 bits per heavy atom. The summed E-state index contributed by atoms with van der Waals surface area (Å²) in [5, 5.41) is 7.57. The van der Waals surface area contributed by atoms with Crippen molar-refractivity contribution in [1.29, 1.82) is 0 Å². The Labute approximate surface area is 155 Å². The van der Waals surface area contributed by atoms with Gasteiger partial charge in [0, 0.05) is 30.7 Å². The highest BCUT2D eigenvalue weighted by atomic mass is 16.2. The predicted octanol–water partition coefficient (Wildman–Crippen LogP) is 3.04. The lowest BCUT2D eigenvalue weighted by molar-refractivity contribution is 0.0942. The Hall–Kier alpha value is -3.87. The Balaban J connectivity index is 1.69. The van der Waals surface area contributed by atoms with Crippen LogP contribution in [0.4, 0.5) is 5.95 Å². The normalized spacial score (nSPS) is 10.5. The first-order valence-corrected chi connectivity index (χ1v) is 8.42. The summed E-state index contributed by atoms with van der Waals surface area (Å²) >= 11 is 0. The number of aromatic nitrogens is 5. The number of anilines is 1. The Bertz CT molecular complexity index is 1030. The zero-order chi connectivity index (χ0) is 18.5. The van der Waals surface area contributed by atoms with Crippen LogP contribution in [0.3, 0.4) is 0 Å². The molecule has 0 fully saturated rings. The second kappa shape index (κ2) is 7.57. The minimum absolute atomic E-state index is 0.294. The third kappa shape index (κ3) is 3.72. The molecule has 0 saturated heterocycles. The molecule has 3 heterocycles. The molecule has 7 nitrogen and oxygen atoms in total. The lowest BCUT2D eigenvalue weighted by atomic mass is 10.2. The topological polar surface area (TPSA) is 85.6 Å². The molecule has 4 aromatic rings.